The summed E-state index contributed by atoms with van der Waals surface area (Å²) in [6.07, 6.45) is 2.11. The average Bonchev–Trinajstić information content (AvgIpc) is 2.55. The summed E-state index contributed by atoms with van der Waals surface area (Å²) in [5.74, 6) is 1.64. The molecule has 2 rings (SSSR count). The summed E-state index contributed by atoms with van der Waals surface area (Å²) >= 11 is 0. The molecule has 0 saturated carbocycles. The van der Waals surface area contributed by atoms with Crippen LogP contribution in [-0.4, -0.2) is 18.5 Å². The number of para-hydroxylation sites is 2. The quantitative estimate of drug-likeness (QED) is 0.807. The van der Waals surface area contributed by atoms with Crippen LogP contribution in [0.5, 0.6) is 11.5 Å². The van der Waals surface area contributed by atoms with Crippen LogP contribution in [0.3, 0.4) is 0 Å². The lowest BCUT2D eigenvalue weighted by Gasteiger charge is -2.12. The van der Waals surface area contributed by atoms with Gasteiger partial charge in [-0.05, 0) is 30.7 Å². The van der Waals surface area contributed by atoms with Crippen LogP contribution >= 0.6 is 0 Å². The van der Waals surface area contributed by atoms with Gasteiger partial charge in [-0.2, -0.15) is 0 Å². The molecule has 1 atom stereocenters. The van der Waals surface area contributed by atoms with Gasteiger partial charge in [0.05, 0.1) is 7.11 Å². The number of benzene rings is 2. The standard InChI is InChI=1S/C11H16O2.C7H8O/c1-2-3-9-11(12)13-10-7-5-4-6-8-10;1-8-7-5-3-2-4-6-7/h4-8,11-12H,2-3,9H2,1H3;2-6H,1H3. The lowest BCUT2D eigenvalue weighted by atomic mass is 10.2. The van der Waals surface area contributed by atoms with Gasteiger partial charge in [0.15, 0.2) is 6.29 Å². The Morgan fingerprint density at radius 3 is 1.86 bits per heavy atom. The maximum absolute atomic E-state index is 9.41. The molecular formula is C18H24O3. The molecule has 0 saturated heterocycles. The zero-order valence-corrected chi connectivity index (χ0v) is 12.7. The van der Waals surface area contributed by atoms with Gasteiger partial charge in [-0.1, -0.05) is 49.7 Å². The van der Waals surface area contributed by atoms with E-state index in [9.17, 15) is 5.11 Å². The van der Waals surface area contributed by atoms with Crippen molar-refractivity contribution in [2.24, 2.45) is 0 Å². The molecule has 2 aromatic carbocycles. The number of rotatable bonds is 6. The van der Waals surface area contributed by atoms with E-state index in [1.165, 1.54) is 0 Å². The summed E-state index contributed by atoms with van der Waals surface area (Å²) in [6, 6.07) is 19.1. The molecule has 0 radical (unpaired) electrons. The number of aliphatic hydroxyl groups is 1. The summed E-state index contributed by atoms with van der Waals surface area (Å²) < 4.78 is 10.2. The van der Waals surface area contributed by atoms with E-state index in [1.54, 1.807) is 7.11 Å². The van der Waals surface area contributed by atoms with Crippen LogP contribution in [-0.2, 0) is 0 Å². The summed E-state index contributed by atoms with van der Waals surface area (Å²) in [4.78, 5) is 0. The van der Waals surface area contributed by atoms with Crippen molar-refractivity contribution in [2.75, 3.05) is 7.11 Å². The Morgan fingerprint density at radius 1 is 0.905 bits per heavy atom. The van der Waals surface area contributed by atoms with E-state index < -0.39 is 6.29 Å². The number of hydrogen-bond donors (Lipinski definition) is 1. The Kier molecular flexibility index (Phi) is 8.73. The average molecular weight is 288 g/mol. The number of ether oxygens (including phenoxy) is 2. The van der Waals surface area contributed by atoms with Gasteiger partial charge in [0.1, 0.15) is 11.5 Å². The summed E-state index contributed by atoms with van der Waals surface area (Å²) in [5.41, 5.74) is 0. The minimum absolute atomic E-state index is 0.664. The minimum Gasteiger partial charge on any atom is -0.497 e. The number of hydrogen-bond acceptors (Lipinski definition) is 3. The zero-order chi connectivity index (χ0) is 15.3. The van der Waals surface area contributed by atoms with Crippen LogP contribution in [0.4, 0.5) is 0 Å². The first-order valence-corrected chi connectivity index (χ1v) is 7.25. The molecule has 3 nitrogen and oxygen atoms in total. The molecule has 2 aromatic rings. The van der Waals surface area contributed by atoms with Crippen molar-refractivity contribution in [3.63, 3.8) is 0 Å². The van der Waals surface area contributed by atoms with Gasteiger partial charge in [-0.25, -0.2) is 0 Å². The van der Waals surface area contributed by atoms with Crippen LogP contribution in [0, 0.1) is 0 Å². The number of aliphatic hydroxyl groups excluding tert-OH is 1. The molecule has 0 heterocycles. The van der Waals surface area contributed by atoms with Crippen molar-refractivity contribution in [1.29, 1.82) is 0 Å². The van der Waals surface area contributed by atoms with E-state index >= 15 is 0 Å². The van der Waals surface area contributed by atoms with Crippen molar-refractivity contribution in [3.8, 4) is 11.5 Å². The van der Waals surface area contributed by atoms with Crippen molar-refractivity contribution in [3.05, 3.63) is 60.7 Å². The second-order valence-electron chi connectivity index (χ2n) is 4.54. The Balaban J connectivity index is 0.000000235. The van der Waals surface area contributed by atoms with E-state index in [0.29, 0.717) is 6.42 Å². The Bertz CT molecular complexity index is 456. The van der Waals surface area contributed by atoms with Crippen LogP contribution in [0.2, 0.25) is 0 Å². The first-order chi connectivity index (χ1) is 10.3. The predicted octanol–water partition coefficient (Wildman–Crippen LogP) is 4.27. The third-order valence-electron chi connectivity index (χ3n) is 2.80. The Labute approximate surface area is 127 Å². The fraction of sp³-hybridized carbons (Fsp3) is 0.333. The molecule has 1 N–H and O–H groups in total. The molecule has 0 aliphatic rings. The molecule has 114 valence electrons. The van der Waals surface area contributed by atoms with Crippen LogP contribution < -0.4 is 9.47 Å². The largest absolute Gasteiger partial charge is 0.497 e. The lowest BCUT2D eigenvalue weighted by Crippen LogP contribution is -2.14. The van der Waals surface area contributed by atoms with E-state index in [1.807, 2.05) is 60.7 Å². The molecule has 0 amide bonds. The highest BCUT2D eigenvalue weighted by atomic mass is 16.6. The molecule has 0 aliphatic carbocycles. The molecule has 0 bridgehead atoms. The van der Waals surface area contributed by atoms with Crippen LogP contribution in [0.15, 0.2) is 60.7 Å². The highest BCUT2D eigenvalue weighted by Crippen LogP contribution is 2.12. The summed E-state index contributed by atoms with van der Waals surface area (Å²) in [6.45, 7) is 2.09. The van der Waals surface area contributed by atoms with Gasteiger partial charge in [0.25, 0.3) is 0 Å². The van der Waals surface area contributed by atoms with Crippen molar-refractivity contribution in [1.82, 2.24) is 0 Å². The summed E-state index contributed by atoms with van der Waals surface area (Å²) in [7, 11) is 1.66. The van der Waals surface area contributed by atoms with E-state index in [4.69, 9.17) is 9.47 Å². The lowest BCUT2D eigenvalue weighted by molar-refractivity contribution is -0.0243. The maximum Gasteiger partial charge on any atom is 0.197 e. The normalized spacial score (nSPS) is 11.0. The molecular weight excluding hydrogens is 264 g/mol. The SMILES string of the molecule is CCCCC(O)Oc1ccccc1.COc1ccccc1. The number of unbranched alkanes of at least 4 members (excludes halogenated alkanes) is 1. The van der Waals surface area contributed by atoms with E-state index in [2.05, 4.69) is 6.92 Å². The fourth-order valence-corrected chi connectivity index (χ4v) is 1.65. The smallest absolute Gasteiger partial charge is 0.197 e. The van der Waals surface area contributed by atoms with Crippen molar-refractivity contribution < 1.29 is 14.6 Å². The van der Waals surface area contributed by atoms with Gasteiger partial charge in [-0.3, -0.25) is 0 Å². The van der Waals surface area contributed by atoms with Crippen LogP contribution in [0.25, 0.3) is 0 Å². The monoisotopic (exact) mass is 288 g/mol. The van der Waals surface area contributed by atoms with Gasteiger partial charge >= 0.3 is 0 Å². The van der Waals surface area contributed by atoms with Crippen molar-refractivity contribution in [2.45, 2.75) is 32.5 Å². The molecule has 0 aliphatic heterocycles. The fourth-order valence-electron chi connectivity index (χ4n) is 1.65. The topological polar surface area (TPSA) is 38.7 Å². The minimum atomic E-state index is -0.664. The Hall–Kier alpha value is -2.00. The highest BCUT2D eigenvalue weighted by molar-refractivity contribution is 5.21. The zero-order valence-electron chi connectivity index (χ0n) is 12.7. The molecule has 21 heavy (non-hydrogen) atoms. The molecule has 0 fully saturated rings. The second kappa shape index (κ2) is 10.7. The third kappa shape index (κ3) is 8.00. The molecule has 0 spiro atoms. The third-order valence-corrected chi connectivity index (χ3v) is 2.80. The van der Waals surface area contributed by atoms with E-state index in [-0.39, 0.29) is 0 Å². The predicted molar refractivity (Wildman–Crippen MR) is 85.6 cm³/mol. The second-order valence-corrected chi connectivity index (χ2v) is 4.54. The first kappa shape index (κ1) is 17.1. The van der Waals surface area contributed by atoms with Gasteiger partial charge in [0, 0.05) is 6.42 Å². The number of methoxy groups -OCH3 is 1. The molecule has 0 aromatic heterocycles. The van der Waals surface area contributed by atoms with Gasteiger partial charge in [0.2, 0.25) is 0 Å². The summed E-state index contributed by atoms with van der Waals surface area (Å²) in [5, 5.41) is 9.41. The highest BCUT2D eigenvalue weighted by Gasteiger charge is 2.03. The van der Waals surface area contributed by atoms with Gasteiger partial charge in [-0.15, -0.1) is 0 Å². The van der Waals surface area contributed by atoms with Gasteiger partial charge < -0.3 is 14.6 Å². The first-order valence-electron chi connectivity index (χ1n) is 7.25. The molecule has 3 heteroatoms. The maximum atomic E-state index is 9.41. The van der Waals surface area contributed by atoms with Crippen LogP contribution in [0.1, 0.15) is 26.2 Å². The van der Waals surface area contributed by atoms with E-state index in [0.717, 1.165) is 24.3 Å². The van der Waals surface area contributed by atoms with Crippen molar-refractivity contribution >= 4 is 0 Å². The molecule has 1 unspecified atom stereocenters. The Morgan fingerprint density at radius 2 is 1.43 bits per heavy atom.